The van der Waals surface area contributed by atoms with Crippen molar-refractivity contribution < 1.29 is 5.11 Å². The molecule has 6 heteroatoms. The third kappa shape index (κ3) is 2.79. The van der Waals surface area contributed by atoms with Crippen molar-refractivity contribution in [2.24, 2.45) is 0 Å². The maximum absolute atomic E-state index is 9.39. The molecule has 3 aromatic heterocycles. The summed E-state index contributed by atoms with van der Waals surface area (Å²) in [4.78, 5) is 2.48. The topological polar surface area (TPSA) is 58.0 Å². The lowest BCUT2D eigenvalue weighted by Crippen LogP contribution is -1.99. The third-order valence-corrected chi connectivity index (χ3v) is 5.92. The fraction of sp³-hybridized carbons (Fsp3) is 0.333. The lowest BCUT2D eigenvalue weighted by molar-refractivity contribution is 0.274. The molecule has 1 unspecified atom stereocenters. The molecule has 0 saturated carbocycles. The predicted octanol–water partition coefficient (Wildman–Crippen LogP) is 3.77. The molecule has 0 fully saturated rings. The van der Waals surface area contributed by atoms with E-state index in [1.54, 1.807) is 28.9 Å². The second-order valence-electron chi connectivity index (χ2n) is 5.04. The van der Waals surface area contributed by atoms with E-state index in [0.29, 0.717) is 0 Å². The van der Waals surface area contributed by atoms with E-state index >= 15 is 0 Å². The highest BCUT2D eigenvalue weighted by Crippen LogP contribution is 2.37. The summed E-state index contributed by atoms with van der Waals surface area (Å²) in [5.74, 6) is 0.134. The molecule has 0 bridgehead atoms. The molecule has 1 atom stereocenters. The fourth-order valence-corrected chi connectivity index (χ4v) is 4.22. The summed E-state index contributed by atoms with van der Waals surface area (Å²) in [6, 6.07) is 4.17. The minimum absolute atomic E-state index is 0.134. The molecule has 0 radical (unpaired) electrons. The average Bonchev–Trinajstić information content (AvgIpc) is 3.13. The molecule has 2 N–H and O–H groups in total. The van der Waals surface area contributed by atoms with E-state index < -0.39 is 0 Å². The van der Waals surface area contributed by atoms with E-state index in [1.165, 1.54) is 9.75 Å². The molecule has 0 aliphatic carbocycles. The van der Waals surface area contributed by atoms with Crippen molar-refractivity contribution in [3.63, 3.8) is 0 Å². The molecule has 0 saturated heterocycles. The van der Waals surface area contributed by atoms with Gasteiger partial charge in [-0.2, -0.15) is 5.10 Å². The number of aromatic nitrogens is 2. The van der Waals surface area contributed by atoms with Gasteiger partial charge in [-0.3, -0.25) is 0 Å². The van der Waals surface area contributed by atoms with Crippen LogP contribution in [0.3, 0.4) is 0 Å². The van der Waals surface area contributed by atoms with Gasteiger partial charge >= 0.3 is 0 Å². The quantitative estimate of drug-likeness (QED) is 0.751. The summed E-state index contributed by atoms with van der Waals surface area (Å²) in [6.07, 6.45) is 1.78. The second-order valence-corrected chi connectivity index (χ2v) is 7.13. The summed E-state index contributed by atoms with van der Waals surface area (Å²) in [5.41, 5.74) is 3.08. The van der Waals surface area contributed by atoms with Gasteiger partial charge in [0.1, 0.15) is 5.52 Å². The largest absolute Gasteiger partial charge is 0.396 e. The molecule has 21 heavy (non-hydrogen) atoms. The zero-order valence-electron chi connectivity index (χ0n) is 12.0. The molecule has 110 valence electrons. The average molecular weight is 319 g/mol. The SMILES string of the molecule is Cc1c(C(C)CO)sc2c(NCc3cccs3)cnnc12. The number of rotatable bonds is 5. The van der Waals surface area contributed by atoms with Crippen LogP contribution in [0.25, 0.3) is 10.2 Å². The lowest BCUT2D eigenvalue weighted by atomic mass is 10.1. The van der Waals surface area contributed by atoms with Crippen LogP contribution in [0.5, 0.6) is 0 Å². The molecular weight excluding hydrogens is 302 g/mol. The minimum Gasteiger partial charge on any atom is -0.396 e. The Kier molecular flexibility index (Phi) is 4.19. The molecular formula is C15H17N3OS2. The van der Waals surface area contributed by atoms with Gasteiger partial charge in [-0.05, 0) is 23.9 Å². The maximum atomic E-state index is 9.39. The van der Waals surface area contributed by atoms with Crippen molar-refractivity contribution in [3.8, 4) is 0 Å². The van der Waals surface area contributed by atoms with Crippen molar-refractivity contribution in [1.82, 2.24) is 10.2 Å². The van der Waals surface area contributed by atoms with Crippen LogP contribution in [0.15, 0.2) is 23.7 Å². The van der Waals surface area contributed by atoms with Crippen LogP contribution < -0.4 is 5.32 Å². The number of nitrogens with zero attached hydrogens (tertiary/aromatic N) is 2. The molecule has 3 aromatic rings. The van der Waals surface area contributed by atoms with E-state index in [1.807, 2.05) is 6.92 Å². The number of thiophene rings is 2. The zero-order valence-corrected chi connectivity index (χ0v) is 13.6. The van der Waals surface area contributed by atoms with E-state index in [0.717, 1.165) is 28.0 Å². The molecule has 0 aliphatic rings. The molecule has 4 nitrogen and oxygen atoms in total. The molecule has 0 aliphatic heterocycles. The van der Waals surface area contributed by atoms with Gasteiger partial charge < -0.3 is 10.4 Å². The first-order valence-corrected chi connectivity index (χ1v) is 8.52. The van der Waals surface area contributed by atoms with Crippen LogP contribution in [0.2, 0.25) is 0 Å². The van der Waals surface area contributed by atoms with Gasteiger partial charge in [0, 0.05) is 22.2 Å². The first-order chi connectivity index (χ1) is 10.2. The van der Waals surface area contributed by atoms with Gasteiger partial charge in [0.2, 0.25) is 0 Å². The highest BCUT2D eigenvalue weighted by atomic mass is 32.1. The molecule has 0 amide bonds. The summed E-state index contributed by atoms with van der Waals surface area (Å²) < 4.78 is 1.12. The molecule has 3 heterocycles. The molecule has 0 aromatic carbocycles. The Morgan fingerprint density at radius 2 is 2.29 bits per heavy atom. The first-order valence-electron chi connectivity index (χ1n) is 6.82. The first kappa shape index (κ1) is 14.4. The van der Waals surface area contributed by atoms with Gasteiger partial charge in [0.25, 0.3) is 0 Å². The van der Waals surface area contributed by atoms with Crippen molar-refractivity contribution in [2.45, 2.75) is 26.3 Å². The van der Waals surface area contributed by atoms with Crippen molar-refractivity contribution >= 4 is 38.6 Å². The summed E-state index contributed by atoms with van der Waals surface area (Å²) in [5, 5.41) is 23.3. The Balaban J connectivity index is 1.95. The number of aryl methyl sites for hydroxylation is 1. The van der Waals surface area contributed by atoms with Gasteiger partial charge in [-0.15, -0.1) is 27.8 Å². The fourth-order valence-electron chi connectivity index (χ4n) is 2.30. The van der Waals surface area contributed by atoms with Gasteiger partial charge in [-0.25, -0.2) is 0 Å². The lowest BCUT2D eigenvalue weighted by Gasteiger charge is -2.05. The smallest absolute Gasteiger partial charge is 0.109 e. The van der Waals surface area contributed by atoms with Crippen molar-refractivity contribution in [3.05, 3.63) is 39.0 Å². The van der Waals surface area contributed by atoms with Gasteiger partial charge in [0.15, 0.2) is 0 Å². The Morgan fingerprint density at radius 3 is 3.00 bits per heavy atom. The van der Waals surface area contributed by atoms with Crippen LogP contribution in [0.1, 0.15) is 28.2 Å². The predicted molar refractivity (Wildman–Crippen MR) is 89.3 cm³/mol. The van der Waals surface area contributed by atoms with E-state index in [2.05, 4.69) is 40.0 Å². The van der Waals surface area contributed by atoms with E-state index in [9.17, 15) is 5.11 Å². The summed E-state index contributed by atoms with van der Waals surface area (Å²) >= 11 is 3.44. The standard InChI is InChI=1S/C15H17N3OS2/c1-9(8-19)14-10(2)13-15(21-14)12(7-17-18-13)16-6-11-4-3-5-20-11/h3-5,7,9,19H,6,8H2,1-2H3,(H,16,18). The minimum atomic E-state index is 0.134. The zero-order chi connectivity index (χ0) is 14.8. The number of nitrogens with one attached hydrogen (secondary N) is 1. The number of aliphatic hydroxyl groups excluding tert-OH is 1. The number of hydrogen-bond acceptors (Lipinski definition) is 6. The van der Waals surface area contributed by atoms with E-state index in [-0.39, 0.29) is 12.5 Å². The number of hydrogen-bond donors (Lipinski definition) is 2. The van der Waals surface area contributed by atoms with Crippen LogP contribution in [-0.4, -0.2) is 21.9 Å². The molecule has 0 spiro atoms. The Bertz CT molecular complexity index is 737. The number of fused-ring (bicyclic) bond motifs is 1. The van der Waals surface area contributed by atoms with Crippen LogP contribution in [0, 0.1) is 6.92 Å². The summed E-state index contributed by atoms with van der Waals surface area (Å²) in [6.45, 7) is 5.03. The Morgan fingerprint density at radius 1 is 1.43 bits per heavy atom. The van der Waals surface area contributed by atoms with Crippen LogP contribution in [-0.2, 0) is 6.54 Å². The third-order valence-electron chi connectivity index (χ3n) is 3.50. The second kappa shape index (κ2) is 6.09. The van der Waals surface area contributed by atoms with Crippen LogP contribution >= 0.6 is 22.7 Å². The van der Waals surface area contributed by atoms with Gasteiger partial charge in [-0.1, -0.05) is 13.0 Å². The van der Waals surface area contributed by atoms with Crippen molar-refractivity contribution in [2.75, 3.05) is 11.9 Å². The summed E-state index contributed by atoms with van der Waals surface area (Å²) in [7, 11) is 0. The van der Waals surface area contributed by atoms with Crippen LogP contribution in [0.4, 0.5) is 5.69 Å². The number of anilines is 1. The normalized spacial score (nSPS) is 12.7. The van der Waals surface area contributed by atoms with Gasteiger partial charge in [0.05, 0.1) is 23.2 Å². The monoisotopic (exact) mass is 319 g/mol. The number of aliphatic hydroxyl groups is 1. The Labute approximate surface area is 131 Å². The highest BCUT2D eigenvalue weighted by Gasteiger charge is 2.17. The maximum Gasteiger partial charge on any atom is 0.109 e. The highest BCUT2D eigenvalue weighted by molar-refractivity contribution is 7.20. The van der Waals surface area contributed by atoms with E-state index in [4.69, 9.17) is 0 Å². The molecule has 3 rings (SSSR count). The van der Waals surface area contributed by atoms with Crippen molar-refractivity contribution in [1.29, 1.82) is 0 Å². The Hall–Kier alpha value is -1.50.